The SMILES string of the molecule is Cc1ccc(C(=O)c2cccc(C(F)(F)F)c2)cc1Cl. The number of ketones is 1. The Morgan fingerprint density at radius 3 is 2.30 bits per heavy atom. The topological polar surface area (TPSA) is 17.1 Å². The summed E-state index contributed by atoms with van der Waals surface area (Å²) in [6.07, 6.45) is -4.47. The van der Waals surface area contributed by atoms with Gasteiger partial charge in [0.2, 0.25) is 0 Å². The first-order valence-corrected chi connectivity index (χ1v) is 6.15. The number of hydrogen-bond acceptors (Lipinski definition) is 1. The molecule has 0 radical (unpaired) electrons. The summed E-state index contributed by atoms with van der Waals surface area (Å²) < 4.78 is 37.9. The van der Waals surface area contributed by atoms with Gasteiger partial charge >= 0.3 is 6.18 Å². The summed E-state index contributed by atoms with van der Waals surface area (Å²) in [5, 5.41) is 0.405. The monoisotopic (exact) mass is 298 g/mol. The van der Waals surface area contributed by atoms with Gasteiger partial charge in [-0.15, -0.1) is 0 Å². The summed E-state index contributed by atoms with van der Waals surface area (Å²) in [6, 6.07) is 9.00. The molecule has 2 rings (SSSR count). The van der Waals surface area contributed by atoms with Crippen LogP contribution in [0.25, 0.3) is 0 Å². The molecule has 0 atom stereocenters. The Morgan fingerprint density at radius 1 is 1.05 bits per heavy atom. The summed E-state index contributed by atoms with van der Waals surface area (Å²) in [5.74, 6) is -0.488. The highest BCUT2D eigenvalue weighted by Gasteiger charge is 2.30. The lowest BCUT2D eigenvalue weighted by atomic mass is 10.0. The molecular formula is C15H10ClF3O. The minimum atomic E-state index is -4.47. The van der Waals surface area contributed by atoms with E-state index < -0.39 is 17.5 Å². The maximum absolute atomic E-state index is 12.6. The number of benzene rings is 2. The van der Waals surface area contributed by atoms with Crippen molar-refractivity contribution < 1.29 is 18.0 Å². The highest BCUT2D eigenvalue weighted by atomic mass is 35.5. The number of carbonyl (C=O) groups is 1. The molecule has 0 aliphatic carbocycles. The Bertz CT molecular complexity index is 662. The van der Waals surface area contributed by atoms with Crippen LogP contribution < -0.4 is 0 Å². The second kappa shape index (κ2) is 5.29. The van der Waals surface area contributed by atoms with Crippen molar-refractivity contribution >= 4 is 17.4 Å². The fourth-order valence-corrected chi connectivity index (χ4v) is 1.92. The standard InChI is InChI=1S/C15H10ClF3O/c1-9-5-6-11(8-13(9)16)14(20)10-3-2-4-12(7-10)15(17,18)19/h2-8H,1H3. The van der Waals surface area contributed by atoms with Gasteiger partial charge in [-0.25, -0.2) is 0 Å². The van der Waals surface area contributed by atoms with Crippen LogP contribution >= 0.6 is 11.6 Å². The lowest BCUT2D eigenvalue weighted by Crippen LogP contribution is -2.08. The van der Waals surface area contributed by atoms with Gasteiger partial charge in [0.05, 0.1) is 5.56 Å². The Morgan fingerprint density at radius 2 is 1.70 bits per heavy atom. The molecule has 0 heterocycles. The van der Waals surface area contributed by atoms with Gasteiger partial charge in [0, 0.05) is 16.1 Å². The first-order chi connectivity index (χ1) is 9.29. The molecule has 0 bridgehead atoms. The zero-order valence-electron chi connectivity index (χ0n) is 10.5. The van der Waals surface area contributed by atoms with Crippen LogP contribution in [0.5, 0.6) is 0 Å². The van der Waals surface area contributed by atoms with Gasteiger partial charge in [-0.05, 0) is 30.7 Å². The molecule has 0 aromatic heterocycles. The van der Waals surface area contributed by atoms with Gasteiger partial charge in [0.25, 0.3) is 0 Å². The summed E-state index contributed by atoms with van der Waals surface area (Å²) in [5.41, 5.74) is 0.202. The Kier molecular flexibility index (Phi) is 3.86. The van der Waals surface area contributed by atoms with Crippen LogP contribution in [0.1, 0.15) is 27.0 Å². The first kappa shape index (κ1) is 14.6. The van der Waals surface area contributed by atoms with Crippen LogP contribution in [0.3, 0.4) is 0 Å². The molecule has 0 spiro atoms. The molecule has 0 saturated heterocycles. The molecule has 0 aliphatic rings. The number of hydrogen-bond donors (Lipinski definition) is 0. The van der Waals surface area contributed by atoms with Gasteiger partial charge < -0.3 is 0 Å². The van der Waals surface area contributed by atoms with E-state index in [0.717, 1.165) is 17.7 Å². The van der Waals surface area contributed by atoms with Crippen molar-refractivity contribution in [2.75, 3.05) is 0 Å². The average molecular weight is 299 g/mol. The third kappa shape index (κ3) is 3.02. The zero-order valence-corrected chi connectivity index (χ0v) is 11.2. The fourth-order valence-electron chi connectivity index (χ4n) is 1.74. The molecule has 0 aliphatic heterocycles. The Balaban J connectivity index is 2.41. The molecular weight excluding hydrogens is 289 g/mol. The molecule has 1 nitrogen and oxygen atoms in total. The minimum Gasteiger partial charge on any atom is -0.289 e. The normalized spacial score (nSPS) is 11.4. The molecule has 0 amide bonds. The number of alkyl halides is 3. The van der Waals surface area contributed by atoms with Gasteiger partial charge in [-0.3, -0.25) is 4.79 Å². The van der Waals surface area contributed by atoms with Gasteiger partial charge in [0.15, 0.2) is 5.78 Å². The lowest BCUT2D eigenvalue weighted by Gasteiger charge is -2.08. The van der Waals surface area contributed by atoms with Crippen LogP contribution in [0.2, 0.25) is 5.02 Å². The van der Waals surface area contributed by atoms with E-state index in [1.165, 1.54) is 18.2 Å². The smallest absolute Gasteiger partial charge is 0.289 e. The fraction of sp³-hybridized carbons (Fsp3) is 0.133. The van der Waals surface area contributed by atoms with Crippen LogP contribution in [-0.2, 0) is 6.18 Å². The van der Waals surface area contributed by atoms with Gasteiger partial charge in [0.1, 0.15) is 0 Å². The van der Waals surface area contributed by atoms with Crippen LogP contribution in [0.15, 0.2) is 42.5 Å². The van der Waals surface area contributed by atoms with Crippen LogP contribution in [0, 0.1) is 6.92 Å². The van der Waals surface area contributed by atoms with Crippen molar-refractivity contribution in [2.45, 2.75) is 13.1 Å². The molecule has 0 N–H and O–H groups in total. The van der Waals surface area contributed by atoms with Gasteiger partial charge in [-0.1, -0.05) is 35.9 Å². The van der Waals surface area contributed by atoms with E-state index in [1.807, 2.05) is 0 Å². The van der Waals surface area contributed by atoms with Crippen molar-refractivity contribution in [1.29, 1.82) is 0 Å². The lowest BCUT2D eigenvalue weighted by molar-refractivity contribution is -0.137. The number of rotatable bonds is 2. The molecule has 0 saturated carbocycles. The summed E-state index contributed by atoms with van der Waals surface area (Å²) in [4.78, 5) is 12.2. The molecule has 0 unspecified atom stereocenters. The average Bonchev–Trinajstić information content (AvgIpc) is 2.40. The molecule has 2 aromatic rings. The predicted octanol–water partition coefficient (Wildman–Crippen LogP) is 4.90. The van der Waals surface area contributed by atoms with E-state index in [0.29, 0.717) is 5.02 Å². The van der Waals surface area contributed by atoms with E-state index in [1.54, 1.807) is 19.1 Å². The third-order valence-electron chi connectivity index (χ3n) is 2.89. The van der Waals surface area contributed by atoms with Crippen molar-refractivity contribution in [1.82, 2.24) is 0 Å². The number of halogens is 4. The highest BCUT2D eigenvalue weighted by Crippen LogP contribution is 2.30. The quantitative estimate of drug-likeness (QED) is 0.721. The Labute approximate surface area is 119 Å². The summed E-state index contributed by atoms with van der Waals surface area (Å²) in [6.45, 7) is 1.78. The van der Waals surface area contributed by atoms with E-state index in [-0.39, 0.29) is 11.1 Å². The van der Waals surface area contributed by atoms with Gasteiger partial charge in [-0.2, -0.15) is 13.2 Å². The number of aryl methyl sites for hydroxylation is 1. The number of carbonyl (C=O) groups excluding carboxylic acids is 1. The first-order valence-electron chi connectivity index (χ1n) is 5.77. The van der Waals surface area contributed by atoms with E-state index >= 15 is 0 Å². The molecule has 2 aromatic carbocycles. The zero-order chi connectivity index (χ0) is 14.9. The summed E-state index contributed by atoms with van der Waals surface area (Å²) >= 11 is 5.92. The molecule has 5 heteroatoms. The highest BCUT2D eigenvalue weighted by molar-refractivity contribution is 6.31. The Hall–Kier alpha value is -1.81. The minimum absolute atomic E-state index is 0.0141. The summed E-state index contributed by atoms with van der Waals surface area (Å²) in [7, 11) is 0. The maximum Gasteiger partial charge on any atom is 0.416 e. The predicted molar refractivity (Wildman–Crippen MR) is 71.1 cm³/mol. The maximum atomic E-state index is 12.6. The largest absolute Gasteiger partial charge is 0.416 e. The van der Waals surface area contributed by atoms with Crippen molar-refractivity contribution in [2.24, 2.45) is 0 Å². The van der Waals surface area contributed by atoms with Crippen molar-refractivity contribution in [3.05, 3.63) is 69.7 Å². The second-order valence-corrected chi connectivity index (χ2v) is 4.78. The van der Waals surface area contributed by atoms with E-state index in [4.69, 9.17) is 11.6 Å². The molecule has 0 fully saturated rings. The second-order valence-electron chi connectivity index (χ2n) is 4.37. The van der Waals surface area contributed by atoms with Crippen molar-refractivity contribution in [3.63, 3.8) is 0 Å². The van der Waals surface area contributed by atoms with Crippen molar-refractivity contribution in [3.8, 4) is 0 Å². The van der Waals surface area contributed by atoms with E-state index in [2.05, 4.69) is 0 Å². The third-order valence-corrected chi connectivity index (χ3v) is 3.29. The molecule has 20 heavy (non-hydrogen) atoms. The molecule has 104 valence electrons. The van der Waals surface area contributed by atoms with Crippen LogP contribution in [-0.4, -0.2) is 5.78 Å². The van der Waals surface area contributed by atoms with Crippen LogP contribution in [0.4, 0.5) is 13.2 Å². The van der Waals surface area contributed by atoms with E-state index in [9.17, 15) is 18.0 Å².